The van der Waals surface area contributed by atoms with E-state index in [1.807, 2.05) is 11.8 Å². The van der Waals surface area contributed by atoms with Crippen molar-refractivity contribution in [1.82, 2.24) is 9.97 Å². The first-order chi connectivity index (χ1) is 9.14. The first-order valence-corrected chi connectivity index (χ1v) is 8.09. The lowest BCUT2D eigenvalue weighted by Crippen LogP contribution is -2.36. The molecule has 2 heterocycles. The van der Waals surface area contributed by atoms with Crippen molar-refractivity contribution < 1.29 is 4.74 Å². The molecule has 0 bridgehead atoms. The van der Waals surface area contributed by atoms with Crippen molar-refractivity contribution in [2.24, 2.45) is 5.92 Å². The van der Waals surface area contributed by atoms with Crippen LogP contribution in [0.2, 0.25) is 0 Å². The van der Waals surface area contributed by atoms with E-state index in [0.717, 1.165) is 41.4 Å². The average molecular weight is 279 g/mol. The SMILES string of the molecule is COC1(c2nc(N)c3c(n2)CSC3)CCCC(C)C1. The Hall–Kier alpha value is -0.810. The second-order valence-electron chi connectivity index (χ2n) is 5.75. The maximum Gasteiger partial charge on any atom is 0.162 e. The van der Waals surface area contributed by atoms with E-state index < -0.39 is 0 Å². The summed E-state index contributed by atoms with van der Waals surface area (Å²) >= 11 is 1.86. The third kappa shape index (κ3) is 2.23. The van der Waals surface area contributed by atoms with Gasteiger partial charge in [-0.05, 0) is 25.2 Å². The Morgan fingerprint density at radius 2 is 2.21 bits per heavy atom. The van der Waals surface area contributed by atoms with Gasteiger partial charge in [0, 0.05) is 24.2 Å². The lowest BCUT2D eigenvalue weighted by molar-refractivity contribution is -0.0646. The number of nitrogens with two attached hydrogens (primary N) is 1. The Bertz CT molecular complexity index is 494. The Labute approximate surface area is 118 Å². The molecule has 2 unspecified atom stereocenters. The monoisotopic (exact) mass is 279 g/mol. The van der Waals surface area contributed by atoms with Gasteiger partial charge in [0.2, 0.25) is 0 Å². The van der Waals surface area contributed by atoms with Gasteiger partial charge in [0.05, 0.1) is 5.69 Å². The Balaban J connectivity index is 2.02. The number of nitrogen functional groups attached to an aromatic ring is 1. The fourth-order valence-electron chi connectivity index (χ4n) is 3.26. The zero-order valence-electron chi connectivity index (χ0n) is 11.6. The molecular weight excluding hydrogens is 258 g/mol. The molecule has 3 rings (SSSR count). The zero-order valence-corrected chi connectivity index (χ0v) is 12.4. The third-order valence-corrected chi connectivity index (χ3v) is 5.33. The molecule has 2 atom stereocenters. The molecule has 5 heteroatoms. The smallest absolute Gasteiger partial charge is 0.162 e. The van der Waals surface area contributed by atoms with E-state index in [9.17, 15) is 0 Å². The van der Waals surface area contributed by atoms with Crippen LogP contribution in [0.25, 0.3) is 0 Å². The summed E-state index contributed by atoms with van der Waals surface area (Å²) in [5, 5.41) is 0. The van der Waals surface area contributed by atoms with Crippen LogP contribution in [-0.4, -0.2) is 17.1 Å². The number of hydrogen-bond donors (Lipinski definition) is 1. The van der Waals surface area contributed by atoms with Gasteiger partial charge in [-0.2, -0.15) is 11.8 Å². The standard InChI is InChI=1S/C14H21N3OS/c1-9-4-3-5-14(6-9,18-2)13-16-11-8-19-7-10(11)12(15)17-13/h9H,3-8H2,1-2H3,(H2,15,16,17). The molecule has 1 aliphatic carbocycles. The molecule has 4 nitrogen and oxygen atoms in total. The number of fused-ring (bicyclic) bond motifs is 1. The zero-order chi connectivity index (χ0) is 13.5. The summed E-state index contributed by atoms with van der Waals surface area (Å²) in [4.78, 5) is 9.35. The number of methoxy groups -OCH3 is 1. The van der Waals surface area contributed by atoms with Gasteiger partial charge in [0.25, 0.3) is 0 Å². The summed E-state index contributed by atoms with van der Waals surface area (Å²) in [6, 6.07) is 0. The van der Waals surface area contributed by atoms with E-state index in [4.69, 9.17) is 15.5 Å². The highest BCUT2D eigenvalue weighted by Crippen LogP contribution is 2.42. The van der Waals surface area contributed by atoms with Gasteiger partial charge in [-0.3, -0.25) is 0 Å². The molecule has 0 radical (unpaired) electrons. The minimum atomic E-state index is -0.325. The van der Waals surface area contributed by atoms with E-state index in [0.29, 0.717) is 11.7 Å². The molecule has 19 heavy (non-hydrogen) atoms. The van der Waals surface area contributed by atoms with Gasteiger partial charge in [0.15, 0.2) is 5.82 Å². The Morgan fingerprint density at radius 1 is 1.37 bits per heavy atom. The molecule has 1 fully saturated rings. The van der Waals surface area contributed by atoms with Crippen molar-refractivity contribution in [3.63, 3.8) is 0 Å². The Kier molecular flexibility index (Phi) is 3.43. The summed E-state index contributed by atoms with van der Waals surface area (Å²) in [5.41, 5.74) is 8.02. The van der Waals surface area contributed by atoms with Gasteiger partial charge in [0.1, 0.15) is 11.4 Å². The fraction of sp³-hybridized carbons (Fsp3) is 0.714. The summed E-state index contributed by atoms with van der Waals surface area (Å²) in [6.45, 7) is 2.28. The predicted molar refractivity (Wildman–Crippen MR) is 77.8 cm³/mol. The highest BCUT2D eigenvalue weighted by molar-refractivity contribution is 7.98. The molecule has 1 aromatic rings. The molecule has 0 aromatic carbocycles. The maximum atomic E-state index is 6.11. The van der Waals surface area contributed by atoms with Crippen molar-refractivity contribution in [2.75, 3.05) is 12.8 Å². The van der Waals surface area contributed by atoms with Crippen LogP contribution >= 0.6 is 11.8 Å². The molecule has 1 saturated carbocycles. The average Bonchev–Trinajstić information content (AvgIpc) is 2.87. The first-order valence-electron chi connectivity index (χ1n) is 6.93. The second-order valence-corrected chi connectivity index (χ2v) is 6.74. The van der Waals surface area contributed by atoms with Crippen LogP contribution in [-0.2, 0) is 21.8 Å². The van der Waals surface area contributed by atoms with Crippen molar-refractivity contribution in [3.05, 3.63) is 17.1 Å². The van der Waals surface area contributed by atoms with Crippen LogP contribution < -0.4 is 5.73 Å². The highest BCUT2D eigenvalue weighted by atomic mass is 32.2. The second kappa shape index (κ2) is 4.94. The molecule has 2 N–H and O–H groups in total. The number of hydrogen-bond acceptors (Lipinski definition) is 5. The minimum absolute atomic E-state index is 0.325. The lowest BCUT2D eigenvalue weighted by Gasteiger charge is -2.37. The summed E-state index contributed by atoms with van der Waals surface area (Å²) in [6.07, 6.45) is 4.43. The summed E-state index contributed by atoms with van der Waals surface area (Å²) in [7, 11) is 1.78. The molecule has 1 aromatic heterocycles. The van der Waals surface area contributed by atoms with Crippen LogP contribution in [0, 0.1) is 5.92 Å². The van der Waals surface area contributed by atoms with Crippen LogP contribution in [0.15, 0.2) is 0 Å². The van der Waals surface area contributed by atoms with Crippen LogP contribution in [0.5, 0.6) is 0 Å². The van der Waals surface area contributed by atoms with Crippen LogP contribution in [0.4, 0.5) is 5.82 Å². The van der Waals surface area contributed by atoms with Gasteiger partial charge < -0.3 is 10.5 Å². The van der Waals surface area contributed by atoms with Gasteiger partial charge >= 0.3 is 0 Å². The number of nitrogens with zero attached hydrogens (tertiary/aromatic N) is 2. The van der Waals surface area contributed by atoms with Gasteiger partial charge in [-0.25, -0.2) is 9.97 Å². The molecule has 0 saturated heterocycles. The van der Waals surface area contributed by atoms with E-state index in [1.165, 1.54) is 12.8 Å². The van der Waals surface area contributed by atoms with Crippen LogP contribution in [0.1, 0.15) is 49.7 Å². The molecule has 0 amide bonds. The topological polar surface area (TPSA) is 61.0 Å². The fourth-order valence-corrected chi connectivity index (χ4v) is 4.32. The normalized spacial score (nSPS) is 30.3. The molecule has 0 spiro atoms. The predicted octanol–water partition coefficient (Wildman–Crippen LogP) is 2.86. The summed E-state index contributed by atoms with van der Waals surface area (Å²) in [5.74, 6) is 4.00. The number of thioether (sulfide) groups is 1. The van der Waals surface area contributed by atoms with Gasteiger partial charge in [-0.15, -0.1) is 0 Å². The quantitative estimate of drug-likeness (QED) is 0.902. The third-order valence-electron chi connectivity index (χ3n) is 4.36. The number of aromatic nitrogens is 2. The van der Waals surface area contributed by atoms with Crippen molar-refractivity contribution in [3.8, 4) is 0 Å². The van der Waals surface area contributed by atoms with E-state index in [1.54, 1.807) is 7.11 Å². The van der Waals surface area contributed by atoms with Crippen molar-refractivity contribution in [1.29, 1.82) is 0 Å². The Morgan fingerprint density at radius 3 is 2.95 bits per heavy atom. The van der Waals surface area contributed by atoms with Gasteiger partial charge in [-0.1, -0.05) is 13.3 Å². The van der Waals surface area contributed by atoms with E-state index in [-0.39, 0.29) is 5.60 Å². The highest BCUT2D eigenvalue weighted by Gasteiger charge is 2.40. The first kappa shape index (κ1) is 13.2. The molecule has 2 aliphatic rings. The molecule has 1 aliphatic heterocycles. The lowest BCUT2D eigenvalue weighted by atomic mass is 9.78. The largest absolute Gasteiger partial charge is 0.383 e. The number of ether oxygens (including phenoxy) is 1. The van der Waals surface area contributed by atoms with Crippen LogP contribution in [0.3, 0.4) is 0 Å². The maximum absolute atomic E-state index is 6.11. The van der Waals surface area contributed by atoms with E-state index in [2.05, 4.69) is 11.9 Å². The number of rotatable bonds is 2. The summed E-state index contributed by atoms with van der Waals surface area (Å²) < 4.78 is 5.86. The number of anilines is 1. The van der Waals surface area contributed by atoms with E-state index >= 15 is 0 Å². The molecule has 104 valence electrons. The minimum Gasteiger partial charge on any atom is -0.383 e. The molecular formula is C14H21N3OS. The van der Waals surface area contributed by atoms with Crippen molar-refractivity contribution >= 4 is 17.6 Å². The van der Waals surface area contributed by atoms with Crippen molar-refractivity contribution in [2.45, 2.75) is 49.7 Å².